The monoisotopic (exact) mass is 339 g/mol. The Balaban J connectivity index is 1.57. The van der Waals surface area contributed by atoms with Crippen LogP contribution in [-0.4, -0.2) is 37.3 Å². The van der Waals surface area contributed by atoms with E-state index in [4.69, 9.17) is 0 Å². The SMILES string of the molecule is Cn1cc(C2CCCN2C(=O)c2cc(-c3ccc(F)cc3)n[nH]2)cn1. The summed E-state index contributed by atoms with van der Waals surface area (Å²) in [6.45, 7) is 0.712. The number of hydrogen-bond acceptors (Lipinski definition) is 3. The largest absolute Gasteiger partial charge is 0.330 e. The Hall–Kier alpha value is -2.96. The first-order valence-electron chi connectivity index (χ1n) is 8.22. The Kier molecular flexibility index (Phi) is 3.83. The summed E-state index contributed by atoms with van der Waals surface area (Å²) in [7, 11) is 1.87. The first kappa shape index (κ1) is 15.6. The number of carbonyl (C=O) groups excluding carboxylic acids is 1. The molecule has 1 saturated heterocycles. The maximum atomic E-state index is 13.1. The Bertz CT molecular complexity index is 898. The summed E-state index contributed by atoms with van der Waals surface area (Å²) < 4.78 is 14.8. The van der Waals surface area contributed by atoms with Crippen LogP contribution in [0.5, 0.6) is 0 Å². The highest BCUT2D eigenvalue weighted by Crippen LogP contribution is 2.33. The van der Waals surface area contributed by atoms with Crippen LogP contribution >= 0.6 is 0 Å². The molecule has 1 amide bonds. The Morgan fingerprint density at radius 2 is 2.12 bits per heavy atom. The molecule has 1 N–H and O–H groups in total. The number of halogens is 1. The van der Waals surface area contributed by atoms with Crippen molar-refractivity contribution < 1.29 is 9.18 Å². The maximum Gasteiger partial charge on any atom is 0.272 e. The van der Waals surface area contributed by atoms with Crippen molar-refractivity contribution in [1.82, 2.24) is 24.9 Å². The second kappa shape index (κ2) is 6.16. The number of carbonyl (C=O) groups is 1. The van der Waals surface area contributed by atoms with E-state index in [9.17, 15) is 9.18 Å². The number of amides is 1. The van der Waals surface area contributed by atoms with Crippen molar-refractivity contribution in [3.05, 3.63) is 59.8 Å². The number of aromatic amines is 1. The van der Waals surface area contributed by atoms with Gasteiger partial charge in [0.1, 0.15) is 11.5 Å². The lowest BCUT2D eigenvalue weighted by Crippen LogP contribution is -2.30. The van der Waals surface area contributed by atoms with Gasteiger partial charge in [-0.2, -0.15) is 10.2 Å². The van der Waals surface area contributed by atoms with Crippen LogP contribution in [0.15, 0.2) is 42.7 Å². The van der Waals surface area contributed by atoms with Crippen molar-refractivity contribution in [3.8, 4) is 11.3 Å². The zero-order valence-corrected chi connectivity index (χ0v) is 13.8. The molecular formula is C18H18FN5O. The molecule has 7 heteroatoms. The summed E-state index contributed by atoms with van der Waals surface area (Å²) in [6.07, 6.45) is 5.65. The highest BCUT2D eigenvalue weighted by Gasteiger charge is 2.32. The molecular weight excluding hydrogens is 321 g/mol. The average Bonchev–Trinajstić information content (AvgIpc) is 3.35. The number of rotatable bonds is 3. The third kappa shape index (κ3) is 2.93. The normalized spacial score (nSPS) is 17.2. The van der Waals surface area contributed by atoms with Crippen LogP contribution < -0.4 is 0 Å². The van der Waals surface area contributed by atoms with Crippen molar-refractivity contribution in [3.63, 3.8) is 0 Å². The molecule has 1 unspecified atom stereocenters. The topological polar surface area (TPSA) is 66.8 Å². The smallest absolute Gasteiger partial charge is 0.272 e. The standard InChI is InChI=1S/C18H18FN5O/c1-23-11-13(10-20-23)17-3-2-8-24(17)18(25)16-9-15(21-22-16)12-4-6-14(19)7-5-12/h4-7,9-11,17H,2-3,8H2,1H3,(H,21,22). The van der Waals surface area contributed by atoms with Gasteiger partial charge in [-0.15, -0.1) is 0 Å². The molecule has 1 fully saturated rings. The van der Waals surface area contributed by atoms with Gasteiger partial charge in [0.15, 0.2) is 0 Å². The van der Waals surface area contributed by atoms with E-state index in [1.54, 1.807) is 22.9 Å². The van der Waals surface area contributed by atoms with E-state index >= 15 is 0 Å². The minimum absolute atomic E-state index is 0.0405. The fourth-order valence-electron chi connectivity index (χ4n) is 3.32. The summed E-state index contributed by atoms with van der Waals surface area (Å²) in [6, 6.07) is 7.81. The van der Waals surface area contributed by atoms with Gasteiger partial charge >= 0.3 is 0 Å². The molecule has 25 heavy (non-hydrogen) atoms. The van der Waals surface area contributed by atoms with Crippen LogP contribution in [0.3, 0.4) is 0 Å². The predicted octanol–water partition coefficient (Wildman–Crippen LogP) is 2.93. The fraction of sp³-hybridized carbons (Fsp3) is 0.278. The van der Waals surface area contributed by atoms with Crippen LogP contribution in [0, 0.1) is 5.82 Å². The molecule has 3 aromatic rings. The van der Waals surface area contributed by atoms with Gasteiger partial charge in [-0.25, -0.2) is 4.39 Å². The molecule has 2 aromatic heterocycles. The van der Waals surface area contributed by atoms with Crippen LogP contribution in [0.2, 0.25) is 0 Å². The van der Waals surface area contributed by atoms with E-state index in [1.807, 2.05) is 24.3 Å². The lowest BCUT2D eigenvalue weighted by atomic mass is 10.1. The second-order valence-electron chi connectivity index (χ2n) is 6.28. The van der Waals surface area contributed by atoms with Gasteiger partial charge in [0.25, 0.3) is 5.91 Å². The second-order valence-corrected chi connectivity index (χ2v) is 6.28. The van der Waals surface area contributed by atoms with Crippen LogP contribution in [0.1, 0.15) is 34.9 Å². The van der Waals surface area contributed by atoms with Crippen molar-refractivity contribution >= 4 is 5.91 Å². The molecule has 3 heterocycles. The van der Waals surface area contributed by atoms with Crippen LogP contribution in [0.25, 0.3) is 11.3 Å². The number of nitrogens with zero attached hydrogens (tertiary/aromatic N) is 4. The Morgan fingerprint density at radius 1 is 1.32 bits per heavy atom. The summed E-state index contributed by atoms with van der Waals surface area (Å²) in [5, 5.41) is 11.2. The number of aromatic nitrogens is 4. The minimum atomic E-state index is -0.299. The number of H-pyrrole nitrogens is 1. The van der Waals surface area contributed by atoms with Gasteiger partial charge < -0.3 is 4.90 Å². The summed E-state index contributed by atoms with van der Waals surface area (Å²) >= 11 is 0. The lowest BCUT2D eigenvalue weighted by molar-refractivity contribution is 0.0729. The zero-order chi connectivity index (χ0) is 17.4. The fourth-order valence-corrected chi connectivity index (χ4v) is 3.32. The molecule has 0 bridgehead atoms. The number of benzene rings is 1. The van der Waals surface area contributed by atoms with E-state index in [0.29, 0.717) is 17.9 Å². The molecule has 1 aliphatic rings. The van der Waals surface area contributed by atoms with Gasteiger partial charge in [0, 0.05) is 30.9 Å². The zero-order valence-electron chi connectivity index (χ0n) is 13.8. The maximum absolute atomic E-state index is 13.1. The summed E-state index contributed by atoms with van der Waals surface area (Å²) in [4.78, 5) is 14.8. The molecule has 1 atom stereocenters. The molecule has 0 radical (unpaired) electrons. The number of aryl methyl sites for hydroxylation is 1. The molecule has 1 aromatic carbocycles. The quantitative estimate of drug-likeness (QED) is 0.798. The van der Waals surface area contributed by atoms with Gasteiger partial charge in [0.05, 0.1) is 17.9 Å². The highest BCUT2D eigenvalue weighted by atomic mass is 19.1. The third-order valence-corrected chi connectivity index (χ3v) is 4.57. The van der Waals surface area contributed by atoms with E-state index in [0.717, 1.165) is 24.0 Å². The molecule has 4 rings (SSSR count). The van der Waals surface area contributed by atoms with Crippen LogP contribution in [-0.2, 0) is 7.05 Å². The van der Waals surface area contributed by atoms with Gasteiger partial charge in [-0.05, 0) is 43.2 Å². The molecule has 1 aliphatic heterocycles. The van der Waals surface area contributed by atoms with E-state index in [1.165, 1.54) is 12.1 Å². The van der Waals surface area contributed by atoms with E-state index in [2.05, 4.69) is 15.3 Å². The van der Waals surface area contributed by atoms with Crippen molar-refractivity contribution in [1.29, 1.82) is 0 Å². The highest BCUT2D eigenvalue weighted by molar-refractivity contribution is 5.93. The molecule has 6 nitrogen and oxygen atoms in total. The summed E-state index contributed by atoms with van der Waals surface area (Å²) in [5.74, 6) is -0.376. The van der Waals surface area contributed by atoms with E-state index < -0.39 is 0 Å². The van der Waals surface area contributed by atoms with Crippen molar-refractivity contribution in [2.24, 2.45) is 7.05 Å². The molecule has 128 valence electrons. The van der Waals surface area contributed by atoms with Crippen LogP contribution in [0.4, 0.5) is 4.39 Å². The molecule has 0 saturated carbocycles. The van der Waals surface area contributed by atoms with Crippen molar-refractivity contribution in [2.45, 2.75) is 18.9 Å². The van der Waals surface area contributed by atoms with E-state index in [-0.39, 0.29) is 17.8 Å². The average molecular weight is 339 g/mol. The number of likely N-dealkylation sites (tertiary alicyclic amines) is 1. The predicted molar refractivity (Wildman–Crippen MR) is 90.2 cm³/mol. The van der Waals surface area contributed by atoms with Crippen molar-refractivity contribution in [2.75, 3.05) is 6.54 Å². The van der Waals surface area contributed by atoms with Gasteiger partial charge in [0.2, 0.25) is 0 Å². The minimum Gasteiger partial charge on any atom is -0.330 e. The summed E-state index contributed by atoms with van der Waals surface area (Å²) in [5.41, 5.74) is 2.88. The third-order valence-electron chi connectivity index (χ3n) is 4.57. The van der Waals surface area contributed by atoms with Gasteiger partial charge in [-0.1, -0.05) is 0 Å². The molecule has 0 aliphatic carbocycles. The number of hydrogen-bond donors (Lipinski definition) is 1. The van der Waals surface area contributed by atoms with Gasteiger partial charge in [-0.3, -0.25) is 14.6 Å². The first-order valence-corrected chi connectivity index (χ1v) is 8.22. The Labute approximate surface area is 144 Å². The Morgan fingerprint density at radius 3 is 2.84 bits per heavy atom. The first-order chi connectivity index (χ1) is 12.1. The lowest BCUT2D eigenvalue weighted by Gasteiger charge is -2.23. The molecule has 0 spiro atoms. The number of nitrogens with one attached hydrogen (secondary N) is 1.